The summed E-state index contributed by atoms with van der Waals surface area (Å²) in [4.78, 5) is 12.9. The number of aryl methyl sites for hydroxylation is 1. The molecule has 1 unspecified atom stereocenters. The van der Waals surface area contributed by atoms with Crippen molar-refractivity contribution in [2.24, 2.45) is 0 Å². The molecule has 2 rings (SSSR count). The van der Waals surface area contributed by atoms with E-state index in [-0.39, 0.29) is 12.7 Å². The van der Waals surface area contributed by atoms with Crippen molar-refractivity contribution in [2.75, 3.05) is 19.8 Å². The topological polar surface area (TPSA) is 38.8 Å². The zero-order valence-electron chi connectivity index (χ0n) is 11.1. The first-order valence-corrected chi connectivity index (χ1v) is 6.33. The Bertz CT molecular complexity index is 452. The van der Waals surface area contributed by atoms with Gasteiger partial charge in [0.2, 0.25) is 0 Å². The molecule has 0 N–H and O–H groups in total. The van der Waals surface area contributed by atoms with E-state index in [4.69, 9.17) is 9.47 Å². The number of alkyl halides is 1. The molecule has 0 bridgehead atoms. The number of nitrogens with zero attached hydrogens (tertiary/aromatic N) is 1. The van der Waals surface area contributed by atoms with Gasteiger partial charge in [0.25, 0.3) is 0 Å². The smallest absolute Gasteiger partial charge is 0.410 e. The highest BCUT2D eigenvalue weighted by atomic mass is 18.2. The van der Waals surface area contributed by atoms with Gasteiger partial charge in [-0.25, -0.2) is 9.18 Å². The van der Waals surface area contributed by atoms with Crippen LogP contribution in [-0.4, -0.2) is 43.0 Å². The SMILES string of the molecule is Cc1cccc(OC[C@H]2CN(C(C)C[18F])C(=O)O2)c1. The molecular formula is C14H18FNO3. The summed E-state index contributed by atoms with van der Waals surface area (Å²) in [6, 6.07) is 7.21. The Labute approximate surface area is 112 Å². The molecule has 0 aromatic heterocycles. The third kappa shape index (κ3) is 3.36. The summed E-state index contributed by atoms with van der Waals surface area (Å²) in [6.45, 7) is 3.72. The maximum absolute atomic E-state index is 12.6. The van der Waals surface area contributed by atoms with E-state index in [0.29, 0.717) is 6.54 Å². The van der Waals surface area contributed by atoms with Gasteiger partial charge in [-0.05, 0) is 31.5 Å². The molecule has 0 spiro atoms. The fourth-order valence-corrected chi connectivity index (χ4v) is 1.97. The van der Waals surface area contributed by atoms with Crippen LogP contribution in [0.5, 0.6) is 5.75 Å². The second-order valence-electron chi connectivity index (χ2n) is 4.79. The second-order valence-corrected chi connectivity index (χ2v) is 4.79. The molecule has 1 aliphatic heterocycles. The number of benzene rings is 1. The Balaban J connectivity index is 1.86. The molecule has 0 radical (unpaired) electrons. The number of ether oxygens (including phenoxy) is 2. The van der Waals surface area contributed by atoms with Gasteiger partial charge in [-0.3, -0.25) is 4.90 Å². The summed E-state index contributed by atoms with van der Waals surface area (Å²) in [5.41, 5.74) is 1.11. The fourth-order valence-electron chi connectivity index (χ4n) is 1.97. The number of halogens is 1. The van der Waals surface area contributed by atoms with Crippen molar-refractivity contribution in [2.45, 2.75) is 26.0 Å². The van der Waals surface area contributed by atoms with Crippen molar-refractivity contribution in [1.82, 2.24) is 4.90 Å². The van der Waals surface area contributed by atoms with Crippen LogP contribution < -0.4 is 4.74 Å². The monoisotopic (exact) mass is 266 g/mol. The van der Waals surface area contributed by atoms with E-state index in [0.717, 1.165) is 11.3 Å². The summed E-state index contributed by atoms with van der Waals surface area (Å²) in [5, 5.41) is 0. The van der Waals surface area contributed by atoms with Crippen LogP contribution in [-0.2, 0) is 4.74 Å². The number of cyclic esters (lactones) is 1. The lowest BCUT2D eigenvalue weighted by molar-refractivity contribution is 0.101. The predicted molar refractivity (Wildman–Crippen MR) is 69.1 cm³/mol. The molecule has 1 amide bonds. The van der Waals surface area contributed by atoms with E-state index in [1.165, 1.54) is 4.90 Å². The number of hydrogen-bond donors (Lipinski definition) is 0. The van der Waals surface area contributed by atoms with Crippen LogP contribution >= 0.6 is 0 Å². The lowest BCUT2D eigenvalue weighted by Gasteiger charge is -2.18. The molecule has 19 heavy (non-hydrogen) atoms. The molecule has 0 aliphatic carbocycles. The first kappa shape index (κ1) is 13.6. The molecule has 1 heterocycles. The van der Waals surface area contributed by atoms with Crippen LogP contribution in [0.25, 0.3) is 0 Å². The average Bonchev–Trinajstić information content (AvgIpc) is 2.77. The van der Waals surface area contributed by atoms with Crippen LogP contribution in [0.1, 0.15) is 12.5 Å². The molecule has 5 heteroatoms. The van der Waals surface area contributed by atoms with Gasteiger partial charge in [0, 0.05) is 0 Å². The zero-order valence-corrected chi connectivity index (χ0v) is 11.1. The Kier molecular flexibility index (Phi) is 4.24. The third-order valence-electron chi connectivity index (χ3n) is 3.08. The first-order valence-electron chi connectivity index (χ1n) is 6.33. The Morgan fingerprint density at radius 3 is 3.05 bits per heavy atom. The highest BCUT2D eigenvalue weighted by Crippen LogP contribution is 2.17. The maximum Gasteiger partial charge on any atom is 0.410 e. The molecule has 1 fully saturated rings. The van der Waals surface area contributed by atoms with Crippen molar-refractivity contribution in [3.63, 3.8) is 0 Å². The molecular weight excluding hydrogens is 248 g/mol. The number of carbonyl (C=O) groups is 1. The number of amides is 1. The van der Waals surface area contributed by atoms with E-state index in [1.54, 1.807) is 6.92 Å². The molecule has 2 atom stereocenters. The van der Waals surface area contributed by atoms with Gasteiger partial charge in [0.15, 0.2) is 6.10 Å². The maximum atomic E-state index is 12.6. The Morgan fingerprint density at radius 1 is 1.58 bits per heavy atom. The molecule has 1 aliphatic rings. The van der Waals surface area contributed by atoms with Crippen molar-refractivity contribution < 1.29 is 18.7 Å². The fraction of sp³-hybridized carbons (Fsp3) is 0.500. The molecule has 4 nitrogen and oxygen atoms in total. The Hall–Kier alpha value is -1.78. The van der Waals surface area contributed by atoms with Crippen molar-refractivity contribution in [1.29, 1.82) is 0 Å². The molecule has 1 aromatic rings. The molecule has 1 aromatic carbocycles. The van der Waals surface area contributed by atoms with Gasteiger partial charge in [-0.2, -0.15) is 0 Å². The van der Waals surface area contributed by atoms with Gasteiger partial charge < -0.3 is 9.47 Å². The van der Waals surface area contributed by atoms with Crippen molar-refractivity contribution >= 4 is 6.09 Å². The summed E-state index contributed by atoms with van der Waals surface area (Å²) < 4.78 is 23.3. The van der Waals surface area contributed by atoms with Gasteiger partial charge in [0.1, 0.15) is 19.0 Å². The molecule has 104 valence electrons. The minimum absolute atomic E-state index is 0.282. The Morgan fingerprint density at radius 2 is 2.37 bits per heavy atom. The average molecular weight is 266 g/mol. The normalized spacial score (nSPS) is 20.3. The van der Waals surface area contributed by atoms with E-state index >= 15 is 0 Å². The van der Waals surface area contributed by atoms with Crippen molar-refractivity contribution in [3.05, 3.63) is 29.8 Å². The zero-order chi connectivity index (χ0) is 13.8. The summed E-state index contributed by atoms with van der Waals surface area (Å²) in [7, 11) is 0. The van der Waals surface area contributed by atoms with Gasteiger partial charge in [-0.15, -0.1) is 0 Å². The lowest BCUT2D eigenvalue weighted by atomic mass is 10.2. The molecule has 0 saturated carbocycles. The predicted octanol–water partition coefficient (Wildman–Crippen LogP) is 2.55. The summed E-state index contributed by atoms with van der Waals surface area (Å²) >= 11 is 0. The van der Waals surface area contributed by atoms with Crippen LogP contribution in [0.2, 0.25) is 0 Å². The lowest BCUT2D eigenvalue weighted by Crippen LogP contribution is -2.36. The number of rotatable bonds is 5. The van der Waals surface area contributed by atoms with E-state index in [2.05, 4.69) is 0 Å². The number of hydrogen-bond acceptors (Lipinski definition) is 3. The summed E-state index contributed by atoms with van der Waals surface area (Å²) in [5.74, 6) is 0.744. The third-order valence-corrected chi connectivity index (χ3v) is 3.08. The highest BCUT2D eigenvalue weighted by molar-refractivity contribution is 5.70. The largest absolute Gasteiger partial charge is 0.490 e. The first-order chi connectivity index (χ1) is 9.10. The van der Waals surface area contributed by atoms with Crippen LogP contribution in [0.3, 0.4) is 0 Å². The van der Waals surface area contributed by atoms with Gasteiger partial charge in [0.05, 0.1) is 12.6 Å². The van der Waals surface area contributed by atoms with Crippen LogP contribution in [0.15, 0.2) is 24.3 Å². The van der Waals surface area contributed by atoms with E-state index in [9.17, 15) is 9.18 Å². The highest BCUT2D eigenvalue weighted by Gasteiger charge is 2.34. The van der Waals surface area contributed by atoms with Gasteiger partial charge >= 0.3 is 6.09 Å². The van der Waals surface area contributed by atoms with Crippen molar-refractivity contribution in [3.8, 4) is 5.75 Å². The minimum Gasteiger partial charge on any atom is -0.490 e. The van der Waals surface area contributed by atoms with E-state index in [1.807, 2.05) is 31.2 Å². The minimum atomic E-state index is -0.569. The van der Waals surface area contributed by atoms with Crippen LogP contribution in [0, 0.1) is 6.92 Å². The standard InChI is InChI=1S/C14H18FNO3/c1-10-4-3-5-12(6-10)18-9-13-8-16(11(2)7-15)14(17)19-13/h3-6,11,13H,7-9H2,1-2H3/t11?,13-/m1/s1/i15-1. The summed E-state index contributed by atoms with van der Waals surface area (Å²) in [6.07, 6.45) is -0.815. The quantitative estimate of drug-likeness (QED) is 0.822. The van der Waals surface area contributed by atoms with E-state index < -0.39 is 18.8 Å². The second kappa shape index (κ2) is 5.91. The van der Waals surface area contributed by atoms with Crippen LogP contribution in [0.4, 0.5) is 9.18 Å². The number of carbonyl (C=O) groups excluding carboxylic acids is 1. The molecule has 1 saturated heterocycles. The van der Waals surface area contributed by atoms with Gasteiger partial charge in [-0.1, -0.05) is 12.1 Å².